The van der Waals surface area contributed by atoms with E-state index in [1.165, 1.54) is 0 Å². The molecule has 39 heavy (non-hydrogen) atoms. The number of amides is 2. The molecule has 5 aromatic rings. The average molecular weight is 509 g/mol. The third kappa shape index (κ3) is 5.55. The quantitative estimate of drug-likeness (QED) is 0.221. The monoisotopic (exact) mass is 508 g/mol. The first-order chi connectivity index (χ1) is 19.0. The highest BCUT2D eigenvalue weighted by Gasteiger charge is 2.25. The standard InChI is InChI=1S/C35H28N2O2/c1-26(2)27-23-28(34(38)36(30-15-7-3-8-16-30)31-17-9-4-10-18-31)25-29(24-27)35(39)37(32-19-11-5-12-20-32)33-21-13-6-14-22-33/h3-25H,1H2,2H3. The predicted octanol–water partition coefficient (Wildman–Crippen LogP) is 8.68. The van der Waals surface area contributed by atoms with Gasteiger partial charge in [0.1, 0.15) is 0 Å². The van der Waals surface area contributed by atoms with Gasteiger partial charge in [-0.05, 0) is 79.2 Å². The molecule has 5 aromatic carbocycles. The summed E-state index contributed by atoms with van der Waals surface area (Å²) in [6.45, 7) is 5.97. The second kappa shape index (κ2) is 11.4. The first-order valence-corrected chi connectivity index (χ1v) is 12.7. The molecule has 0 atom stereocenters. The Balaban J connectivity index is 1.63. The topological polar surface area (TPSA) is 40.6 Å². The van der Waals surface area contributed by atoms with Crippen molar-refractivity contribution in [3.05, 3.63) is 163 Å². The van der Waals surface area contributed by atoms with Crippen LogP contribution in [0, 0.1) is 0 Å². The van der Waals surface area contributed by atoms with E-state index in [9.17, 15) is 9.59 Å². The second-order valence-electron chi connectivity index (χ2n) is 9.20. The maximum atomic E-state index is 14.2. The summed E-state index contributed by atoms with van der Waals surface area (Å²) < 4.78 is 0. The summed E-state index contributed by atoms with van der Waals surface area (Å²) >= 11 is 0. The van der Waals surface area contributed by atoms with Crippen molar-refractivity contribution in [1.29, 1.82) is 0 Å². The van der Waals surface area contributed by atoms with Crippen molar-refractivity contribution in [3.8, 4) is 0 Å². The lowest BCUT2D eigenvalue weighted by atomic mass is 9.99. The number of allylic oxidation sites excluding steroid dienone is 1. The molecule has 190 valence electrons. The molecule has 0 aliphatic carbocycles. The van der Waals surface area contributed by atoms with Crippen LogP contribution in [0.2, 0.25) is 0 Å². The van der Waals surface area contributed by atoms with Crippen LogP contribution >= 0.6 is 0 Å². The molecule has 0 unspecified atom stereocenters. The third-order valence-electron chi connectivity index (χ3n) is 6.38. The van der Waals surface area contributed by atoms with E-state index in [-0.39, 0.29) is 11.8 Å². The minimum Gasteiger partial charge on any atom is -0.277 e. The van der Waals surface area contributed by atoms with Crippen LogP contribution in [0.3, 0.4) is 0 Å². The molecule has 0 fully saturated rings. The number of carbonyl (C=O) groups is 2. The Morgan fingerprint density at radius 2 is 0.718 bits per heavy atom. The van der Waals surface area contributed by atoms with Crippen molar-refractivity contribution >= 4 is 40.1 Å². The minimum absolute atomic E-state index is 0.240. The molecule has 0 heterocycles. The Morgan fingerprint density at radius 1 is 0.462 bits per heavy atom. The summed E-state index contributed by atoms with van der Waals surface area (Å²) in [5.74, 6) is -0.481. The molecule has 0 aliphatic rings. The van der Waals surface area contributed by atoms with Crippen molar-refractivity contribution in [2.75, 3.05) is 9.80 Å². The number of rotatable bonds is 7. The Kier molecular flexibility index (Phi) is 7.46. The lowest BCUT2D eigenvalue weighted by Gasteiger charge is -2.25. The van der Waals surface area contributed by atoms with Gasteiger partial charge >= 0.3 is 0 Å². The summed E-state index contributed by atoms with van der Waals surface area (Å²) in [7, 11) is 0. The number of para-hydroxylation sites is 4. The van der Waals surface area contributed by atoms with E-state index >= 15 is 0 Å². The fourth-order valence-electron chi connectivity index (χ4n) is 4.45. The highest BCUT2D eigenvalue weighted by Crippen LogP contribution is 2.31. The summed E-state index contributed by atoms with van der Waals surface area (Å²) in [5, 5.41) is 0. The van der Waals surface area contributed by atoms with E-state index in [1.807, 2.05) is 128 Å². The zero-order chi connectivity index (χ0) is 27.2. The highest BCUT2D eigenvalue weighted by atomic mass is 16.2. The molecule has 0 aromatic heterocycles. The van der Waals surface area contributed by atoms with Crippen molar-refractivity contribution in [3.63, 3.8) is 0 Å². The lowest BCUT2D eigenvalue weighted by Crippen LogP contribution is -2.28. The number of carbonyl (C=O) groups excluding carboxylic acids is 2. The van der Waals surface area contributed by atoms with E-state index in [0.717, 1.165) is 33.9 Å². The van der Waals surface area contributed by atoms with Crippen LogP contribution in [-0.4, -0.2) is 11.8 Å². The fraction of sp³-hybridized carbons (Fsp3) is 0.0286. The van der Waals surface area contributed by atoms with Crippen LogP contribution in [0.1, 0.15) is 33.2 Å². The summed E-state index contributed by atoms with van der Waals surface area (Å²) in [4.78, 5) is 31.7. The van der Waals surface area contributed by atoms with Crippen LogP contribution in [0.5, 0.6) is 0 Å². The number of hydrogen-bond acceptors (Lipinski definition) is 2. The Bertz CT molecular complexity index is 1410. The Morgan fingerprint density at radius 3 is 0.974 bits per heavy atom. The van der Waals surface area contributed by atoms with E-state index in [4.69, 9.17) is 0 Å². The molecular formula is C35H28N2O2. The maximum absolute atomic E-state index is 14.2. The van der Waals surface area contributed by atoms with Crippen LogP contribution in [0.15, 0.2) is 146 Å². The lowest BCUT2D eigenvalue weighted by molar-refractivity contribution is 0.0998. The van der Waals surface area contributed by atoms with Gasteiger partial charge in [0, 0.05) is 33.9 Å². The Labute approximate surface area is 229 Å². The largest absolute Gasteiger partial charge is 0.277 e. The van der Waals surface area contributed by atoms with Gasteiger partial charge in [-0.2, -0.15) is 0 Å². The minimum atomic E-state index is -0.240. The number of benzene rings is 5. The van der Waals surface area contributed by atoms with E-state index in [1.54, 1.807) is 28.0 Å². The summed E-state index contributed by atoms with van der Waals surface area (Å²) in [6, 6.07) is 43.3. The van der Waals surface area contributed by atoms with Gasteiger partial charge in [0.05, 0.1) is 0 Å². The molecule has 0 saturated heterocycles. The van der Waals surface area contributed by atoms with Gasteiger partial charge in [0.15, 0.2) is 0 Å². The van der Waals surface area contributed by atoms with E-state index in [2.05, 4.69) is 6.58 Å². The molecule has 0 bridgehead atoms. The normalized spacial score (nSPS) is 10.5. The summed E-state index contributed by atoms with van der Waals surface area (Å²) in [6.07, 6.45) is 0. The van der Waals surface area contributed by atoms with Gasteiger partial charge in [-0.15, -0.1) is 0 Å². The molecular weight excluding hydrogens is 480 g/mol. The molecule has 4 heteroatoms. The Hall–Kier alpha value is -5.22. The van der Waals surface area contributed by atoms with Crippen molar-refractivity contribution in [1.82, 2.24) is 0 Å². The maximum Gasteiger partial charge on any atom is 0.262 e. The van der Waals surface area contributed by atoms with Gasteiger partial charge < -0.3 is 0 Å². The van der Waals surface area contributed by atoms with Crippen molar-refractivity contribution in [2.24, 2.45) is 0 Å². The molecule has 0 spiro atoms. The van der Waals surface area contributed by atoms with Crippen molar-refractivity contribution in [2.45, 2.75) is 6.92 Å². The molecule has 2 amide bonds. The highest BCUT2D eigenvalue weighted by molar-refractivity contribution is 6.15. The van der Waals surface area contributed by atoms with Gasteiger partial charge in [0.2, 0.25) is 0 Å². The smallest absolute Gasteiger partial charge is 0.262 e. The van der Waals surface area contributed by atoms with Gasteiger partial charge in [-0.3, -0.25) is 19.4 Å². The van der Waals surface area contributed by atoms with Crippen molar-refractivity contribution < 1.29 is 9.59 Å². The second-order valence-corrected chi connectivity index (χ2v) is 9.20. The van der Waals surface area contributed by atoms with Crippen LogP contribution in [-0.2, 0) is 0 Å². The first-order valence-electron chi connectivity index (χ1n) is 12.7. The van der Waals surface area contributed by atoms with Gasteiger partial charge in [0.25, 0.3) is 11.8 Å². The van der Waals surface area contributed by atoms with Crippen LogP contribution < -0.4 is 9.80 Å². The number of nitrogens with zero attached hydrogens (tertiary/aromatic N) is 2. The molecule has 0 aliphatic heterocycles. The van der Waals surface area contributed by atoms with Crippen LogP contribution in [0.25, 0.3) is 5.57 Å². The molecule has 0 saturated carbocycles. The molecule has 0 N–H and O–H groups in total. The molecule has 5 rings (SSSR count). The fourth-order valence-corrected chi connectivity index (χ4v) is 4.45. The van der Waals surface area contributed by atoms with Gasteiger partial charge in [-0.25, -0.2) is 0 Å². The van der Waals surface area contributed by atoms with Crippen LogP contribution in [0.4, 0.5) is 22.7 Å². The first kappa shape index (κ1) is 25.4. The molecule has 4 nitrogen and oxygen atoms in total. The molecule has 0 radical (unpaired) electrons. The predicted molar refractivity (Wildman–Crippen MR) is 160 cm³/mol. The summed E-state index contributed by atoms with van der Waals surface area (Å²) in [5.41, 5.74) is 5.22. The third-order valence-corrected chi connectivity index (χ3v) is 6.38. The van der Waals surface area contributed by atoms with Gasteiger partial charge in [-0.1, -0.05) is 84.9 Å². The zero-order valence-electron chi connectivity index (χ0n) is 21.7. The zero-order valence-corrected chi connectivity index (χ0v) is 21.7. The number of anilines is 4. The van der Waals surface area contributed by atoms with E-state index in [0.29, 0.717) is 11.1 Å². The number of hydrogen-bond donors (Lipinski definition) is 0. The average Bonchev–Trinajstić information content (AvgIpc) is 2.99. The van der Waals surface area contributed by atoms with E-state index < -0.39 is 0 Å². The SMILES string of the molecule is C=C(C)c1cc(C(=O)N(c2ccccc2)c2ccccc2)cc(C(=O)N(c2ccccc2)c2ccccc2)c1.